The SMILES string of the molecule is COc1nc(C(F)F)cc(Cl)c1O. The average molecular weight is 210 g/mol. The maximum absolute atomic E-state index is 12.1. The van der Waals surface area contributed by atoms with Crippen LogP contribution in [0.5, 0.6) is 11.6 Å². The van der Waals surface area contributed by atoms with E-state index in [0.29, 0.717) is 0 Å². The number of aromatic nitrogens is 1. The second-order valence-corrected chi connectivity index (χ2v) is 2.59. The molecule has 0 bridgehead atoms. The zero-order valence-corrected chi connectivity index (χ0v) is 7.35. The van der Waals surface area contributed by atoms with Crippen molar-refractivity contribution in [3.63, 3.8) is 0 Å². The van der Waals surface area contributed by atoms with Gasteiger partial charge in [0.05, 0.1) is 12.1 Å². The fourth-order valence-corrected chi connectivity index (χ4v) is 0.950. The molecule has 6 heteroatoms. The van der Waals surface area contributed by atoms with Gasteiger partial charge in [-0.2, -0.15) is 0 Å². The van der Waals surface area contributed by atoms with Crippen LogP contribution in [0.4, 0.5) is 8.78 Å². The summed E-state index contributed by atoms with van der Waals surface area (Å²) in [7, 11) is 1.20. The number of alkyl halides is 2. The zero-order valence-electron chi connectivity index (χ0n) is 6.59. The standard InChI is InChI=1S/C7H6ClF2NO2/c1-13-7-5(12)3(8)2-4(11-7)6(9)10/h2,6,12H,1H3. The van der Waals surface area contributed by atoms with Gasteiger partial charge in [-0.05, 0) is 6.07 Å². The second kappa shape index (κ2) is 3.74. The molecule has 0 amide bonds. The van der Waals surface area contributed by atoms with E-state index in [1.165, 1.54) is 7.11 Å². The normalized spacial score (nSPS) is 10.5. The van der Waals surface area contributed by atoms with Crippen molar-refractivity contribution < 1.29 is 18.6 Å². The van der Waals surface area contributed by atoms with Crippen LogP contribution in [0.25, 0.3) is 0 Å². The molecule has 72 valence electrons. The van der Waals surface area contributed by atoms with Crippen molar-refractivity contribution in [2.24, 2.45) is 0 Å². The molecule has 0 aliphatic heterocycles. The van der Waals surface area contributed by atoms with Gasteiger partial charge < -0.3 is 9.84 Å². The Kier molecular flexibility index (Phi) is 2.87. The molecule has 0 atom stereocenters. The van der Waals surface area contributed by atoms with E-state index in [-0.39, 0.29) is 10.9 Å². The van der Waals surface area contributed by atoms with E-state index >= 15 is 0 Å². The molecule has 0 saturated heterocycles. The highest BCUT2D eigenvalue weighted by molar-refractivity contribution is 6.32. The number of halogens is 3. The smallest absolute Gasteiger partial charge is 0.280 e. The van der Waals surface area contributed by atoms with Gasteiger partial charge in [-0.1, -0.05) is 11.6 Å². The Bertz CT molecular complexity index is 320. The third-order valence-electron chi connectivity index (χ3n) is 1.35. The molecular weight excluding hydrogens is 204 g/mol. The van der Waals surface area contributed by atoms with E-state index in [4.69, 9.17) is 16.7 Å². The lowest BCUT2D eigenvalue weighted by atomic mass is 10.3. The van der Waals surface area contributed by atoms with Gasteiger partial charge in [-0.3, -0.25) is 0 Å². The highest BCUT2D eigenvalue weighted by Crippen LogP contribution is 2.34. The minimum Gasteiger partial charge on any atom is -0.502 e. The quantitative estimate of drug-likeness (QED) is 0.813. The summed E-state index contributed by atoms with van der Waals surface area (Å²) < 4.78 is 28.8. The summed E-state index contributed by atoms with van der Waals surface area (Å²) in [4.78, 5) is 3.34. The molecule has 1 N–H and O–H groups in total. The minimum atomic E-state index is -2.74. The molecule has 0 spiro atoms. The Morgan fingerprint density at radius 3 is 2.69 bits per heavy atom. The van der Waals surface area contributed by atoms with Crippen LogP contribution >= 0.6 is 11.6 Å². The molecule has 1 aromatic heterocycles. The van der Waals surface area contributed by atoms with Crippen LogP contribution in [0.15, 0.2) is 6.07 Å². The van der Waals surface area contributed by atoms with Gasteiger partial charge in [0.2, 0.25) is 0 Å². The van der Waals surface area contributed by atoms with Crippen molar-refractivity contribution in [2.75, 3.05) is 7.11 Å². The first-order chi connectivity index (χ1) is 6.06. The molecule has 1 heterocycles. The summed E-state index contributed by atoms with van der Waals surface area (Å²) in [6.45, 7) is 0. The molecule has 1 aromatic rings. The maximum Gasteiger partial charge on any atom is 0.280 e. The van der Waals surface area contributed by atoms with Gasteiger partial charge >= 0.3 is 0 Å². The molecule has 13 heavy (non-hydrogen) atoms. The molecule has 0 aliphatic carbocycles. The van der Waals surface area contributed by atoms with Crippen LogP contribution < -0.4 is 4.74 Å². The monoisotopic (exact) mass is 209 g/mol. The van der Waals surface area contributed by atoms with Gasteiger partial charge in [0, 0.05) is 0 Å². The predicted molar refractivity (Wildman–Crippen MR) is 42.4 cm³/mol. The maximum atomic E-state index is 12.1. The molecule has 0 fully saturated rings. The Morgan fingerprint density at radius 2 is 2.23 bits per heavy atom. The highest BCUT2D eigenvalue weighted by Gasteiger charge is 2.16. The minimum absolute atomic E-state index is 0.206. The Labute approximate surface area is 77.9 Å². The summed E-state index contributed by atoms with van der Waals surface area (Å²) >= 11 is 5.44. The fourth-order valence-electron chi connectivity index (χ4n) is 0.757. The average Bonchev–Trinajstić information content (AvgIpc) is 2.09. The van der Waals surface area contributed by atoms with E-state index in [1.807, 2.05) is 0 Å². The van der Waals surface area contributed by atoms with Crippen LogP contribution in [0.1, 0.15) is 12.1 Å². The number of hydrogen-bond donors (Lipinski definition) is 1. The fraction of sp³-hybridized carbons (Fsp3) is 0.286. The van der Waals surface area contributed by atoms with Gasteiger partial charge in [0.15, 0.2) is 5.75 Å². The molecule has 0 radical (unpaired) electrons. The number of pyridine rings is 1. The van der Waals surface area contributed by atoms with Crippen LogP contribution in [0.3, 0.4) is 0 Å². The number of hydrogen-bond acceptors (Lipinski definition) is 3. The first-order valence-electron chi connectivity index (χ1n) is 3.27. The number of aromatic hydroxyl groups is 1. The molecule has 0 aliphatic rings. The first kappa shape index (κ1) is 9.98. The topological polar surface area (TPSA) is 42.4 Å². The van der Waals surface area contributed by atoms with Gasteiger partial charge in [-0.15, -0.1) is 0 Å². The second-order valence-electron chi connectivity index (χ2n) is 2.19. The first-order valence-corrected chi connectivity index (χ1v) is 3.65. The molecule has 1 rings (SSSR count). The summed E-state index contributed by atoms with van der Waals surface area (Å²) in [5, 5.41) is 8.93. The summed E-state index contributed by atoms with van der Waals surface area (Å²) in [6.07, 6.45) is -2.74. The summed E-state index contributed by atoms with van der Waals surface area (Å²) in [5.74, 6) is -0.739. The van der Waals surface area contributed by atoms with Crippen molar-refractivity contribution in [1.29, 1.82) is 0 Å². The zero-order chi connectivity index (χ0) is 10.0. The van der Waals surface area contributed by atoms with Gasteiger partial charge in [0.25, 0.3) is 12.3 Å². The molecule has 0 aromatic carbocycles. The van der Waals surface area contributed by atoms with Crippen LogP contribution in [0.2, 0.25) is 5.02 Å². The van der Waals surface area contributed by atoms with Crippen LogP contribution in [-0.2, 0) is 0 Å². The molecule has 0 saturated carbocycles. The molecular formula is C7H6ClF2NO2. The number of rotatable bonds is 2. The number of nitrogens with zero attached hydrogens (tertiary/aromatic N) is 1. The summed E-state index contributed by atoms with van der Waals surface area (Å²) in [6, 6.07) is 0.893. The number of ether oxygens (including phenoxy) is 1. The third kappa shape index (κ3) is 1.98. The van der Waals surface area contributed by atoms with Crippen LogP contribution in [0, 0.1) is 0 Å². The van der Waals surface area contributed by atoms with E-state index in [2.05, 4.69) is 9.72 Å². The van der Waals surface area contributed by atoms with E-state index < -0.39 is 17.9 Å². The molecule has 0 unspecified atom stereocenters. The van der Waals surface area contributed by atoms with Crippen molar-refractivity contribution in [2.45, 2.75) is 6.43 Å². The predicted octanol–water partition coefficient (Wildman–Crippen LogP) is 2.39. The van der Waals surface area contributed by atoms with Crippen LogP contribution in [-0.4, -0.2) is 17.2 Å². The van der Waals surface area contributed by atoms with Gasteiger partial charge in [-0.25, -0.2) is 13.8 Å². The Morgan fingerprint density at radius 1 is 1.62 bits per heavy atom. The van der Waals surface area contributed by atoms with Crippen molar-refractivity contribution in [1.82, 2.24) is 4.98 Å². The largest absolute Gasteiger partial charge is 0.502 e. The highest BCUT2D eigenvalue weighted by atomic mass is 35.5. The van der Waals surface area contributed by atoms with E-state index in [1.54, 1.807) is 0 Å². The van der Waals surface area contributed by atoms with Gasteiger partial charge in [0.1, 0.15) is 5.69 Å². The molecule has 3 nitrogen and oxygen atoms in total. The van der Waals surface area contributed by atoms with Crippen molar-refractivity contribution >= 4 is 11.6 Å². The lowest BCUT2D eigenvalue weighted by Crippen LogP contribution is -1.95. The van der Waals surface area contributed by atoms with Crippen molar-refractivity contribution in [3.05, 3.63) is 16.8 Å². The lowest BCUT2D eigenvalue weighted by Gasteiger charge is -2.06. The third-order valence-corrected chi connectivity index (χ3v) is 1.64. The Hall–Kier alpha value is -1.10. The summed E-state index contributed by atoms with van der Waals surface area (Å²) in [5.41, 5.74) is -0.528. The Balaban J connectivity index is 3.22. The van der Waals surface area contributed by atoms with E-state index in [0.717, 1.165) is 6.07 Å². The lowest BCUT2D eigenvalue weighted by molar-refractivity contribution is 0.144. The van der Waals surface area contributed by atoms with Crippen molar-refractivity contribution in [3.8, 4) is 11.6 Å². The van der Waals surface area contributed by atoms with E-state index in [9.17, 15) is 8.78 Å². The number of methoxy groups -OCH3 is 1.